The van der Waals surface area contributed by atoms with Crippen molar-refractivity contribution < 1.29 is 14.7 Å². The summed E-state index contributed by atoms with van der Waals surface area (Å²) in [6.45, 7) is 7.38. The van der Waals surface area contributed by atoms with E-state index in [0.717, 1.165) is 5.56 Å². The van der Waals surface area contributed by atoms with Gasteiger partial charge in [0.05, 0.1) is 5.41 Å². The van der Waals surface area contributed by atoms with Crippen molar-refractivity contribution in [3.8, 4) is 0 Å². The molecule has 1 aromatic rings. The molecule has 1 rings (SSSR count). The summed E-state index contributed by atoms with van der Waals surface area (Å²) in [5.41, 5.74) is 4.70. The molecule has 6 heteroatoms. The highest BCUT2D eigenvalue weighted by atomic mass is 35.5. The Morgan fingerprint density at radius 3 is 2.29 bits per heavy atom. The summed E-state index contributed by atoms with van der Waals surface area (Å²) >= 11 is 6.12. The number of nitrogens with one attached hydrogen (secondary N) is 1. The number of aliphatic carboxylic acids is 1. The molecule has 0 atom stereocenters. The van der Waals surface area contributed by atoms with E-state index >= 15 is 0 Å². The fourth-order valence-corrected chi connectivity index (χ4v) is 1.90. The van der Waals surface area contributed by atoms with E-state index in [-0.39, 0.29) is 0 Å². The molecule has 1 aromatic carbocycles. The van der Waals surface area contributed by atoms with E-state index < -0.39 is 22.8 Å². The van der Waals surface area contributed by atoms with Gasteiger partial charge < -0.3 is 16.2 Å². The van der Waals surface area contributed by atoms with E-state index in [4.69, 9.17) is 17.3 Å². The summed E-state index contributed by atoms with van der Waals surface area (Å²) < 4.78 is 0. The SMILES string of the molecule is CC(C)(NCc1ccc(C(N)=O)cc1Cl)C(C)(C)C(=O)O. The number of halogens is 1. The average molecular weight is 313 g/mol. The van der Waals surface area contributed by atoms with Crippen LogP contribution in [-0.4, -0.2) is 22.5 Å². The van der Waals surface area contributed by atoms with E-state index in [9.17, 15) is 14.7 Å². The van der Waals surface area contributed by atoms with Gasteiger partial charge in [-0.2, -0.15) is 0 Å². The van der Waals surface area contributed by atoms with Crippen molar-refractivity contribution in [1.29, 1.82) is 0 Å². The zero-order chi connectivity index (χ0) is 16.4. The average Bonchev–Trinajstić information content (AvgIpc) is 2.36. The Bertz CT molecular complexity index is 568. The second-order valence-electron chi connectivity index (χ2n) is 6.08. The van der Waals surface area contributed by atoms with Crippen molar-refractivity contribution in [2.45, 2.75) is 39.8 Å². The molecule has 1 amide bonds. The van der Waals surface area contributed by atoms with Crippen molar-refractivity contribution in [2.75, 3.05) is 0 Å². The molecule has 0 aliphatic heterocycles. The molecule has 0 aromatic heterocycles. The number of carboxylic acid groups (broad SMARTS) is 1. The van der Waals surface area contributed by atoms with Gasteiger partial charge in [-0.3, -0.25) is 9.59 Å². The van der Waals surface area contributed by atoms with Crippen LogP contribution >= 0.6 is 11.6 Å². The zero-order valence-electron chi connectivity index (χ0n) is 12.7. The number of rotatable bonds is 6. The van der Waals surface area contributed by atoms with Crippen LogP contribution in [0.3, 0.4) is 0 Å². The van der Waals surface area contributed by atoms with Gasteiger partial charge in [0, 0.05) is 22.7 Å². The van der Waals surface area contributed by atoms with Gasteiger partial charge in [-0.1, -0.05) is 17.7 Å². The standard InChI is InChI=1S/C15H21ClN2O3/c1-14(2,13(20)21)15(3,4)18-8-10-6-5-9(12(17)19)7-11(10)16/h5-7,18H,8H2,1-4H3,(H2,17,19)(H,20,21). The normalized spacial score (nSPS) is 12.2. The Balaban J connectivity index is 2.89. The van der Waals surface area contributed by atoms with Crippen molar-refractivity contribution in [2.24, 2.45) is 11.1 Å². The van der Waals surface area contributed by atoms with Gasteiger partial charge in [0.1, 0.15) is 0 Å². The van der Waals surface area contributed by atoms with Crippen LogP contribution in [0.15, 0.2) is 18.2 Å². The van der Waals surface area contributed by atoms with E-state index in [1.54, 1.807) is 26.0 Å². The minimum absolute atomic E-state index is 0.342. The Morgan fingerprint density at radius 2 is 1.86 bits per heavy atom. The number of hydrogen-bond donors (Lipinski definition) is 3. The lowest BCUT2D eigenvalue weighted by Crippen LogP contribution is -2.54. The van der Waals surface area contributed by atoms with Crippen LogP contribution in [0.4, 0.5) is 0 Å². The number of benzene rings is 1. The van der Waals surface area contributed by atoms with Crippen LogP contribution < -0.4 is 11.1 Å². The fraction of sp³-hybridized carbons (Fsp3) is 0.467. The first kappa shape index (κ1) is 17.5. The van der Waals surface area contributed by atoms with Gasteiger partial charge in [-0.05, 0) is 45.4 Å². The van der Waals surface area contributed by atoms with Crippen LogP contribution in [0, 0.1) is 5.41 Å². The maximum atomic E-state index is 11.3. The summed E-state index contributed by atoms with van der Waals surface area (Å²) in [5, 5.41) is 12.9. The van der Waals surface area contributed by atoms with Gasteiger partial charge in [0.15, 0.2) is 0 Å². The number of amides is 1. The lowest BCUT2D eigenvalue weighted by Gasteiger charge is -2.39. The van der Waals surface area contributed by atoms with Crippen LogP contribution in [0.5, 0.6) is 0 Å². The minimum Gasteiger partial charge on any atom is -0.481 e. The number of carbonyl (C=O) groups is 2. The van der Waals surface area contributed by atoms with Gasteiger partial charge in [0.2, 0.25) is 5.91 Å². The maximum Gasteiger partial charge on any atom is 0.310 e. The summed E-state index contributed by atoms with van der Waals surface area (Å²) in [6, 6.07) is 4.82. The lowest BCUT2D eigenvalue weighted by molar-refractivity contribution is -0.151. The van der Waals surface area contributed by atoms with Crippen LogP contribution in [0.25, 0.3) is 0 Å². The highest BCUT2D eigenvalue weighted by molar-refractivity contribution is 6.31. The van der Waals surface area contributed by atoms with Crippen LogP contribution in [0.1, 0.15) is 43.6 Å². The third-order valence-electron chi connectivity index (χ3n) is 4.16. The highest BCUT2D eigenvalue weighted by Gasteiger charge is 2.43. The Morgan fingerprint density at radius 1 is 1.29 bits per heavy atom. The molecule has 0 radical (unpaired) electrons. The molecule has 0 spiro atoms. The van der Waals surface area contributed by atoms with E-state index in [1.807, 2.05) is 13.8 Å². The first-order valence-electron chi connectivity index (χ1n) is 6.55. The number of primary amides is 1. The number of nitrogens with two attached hydrogens (primary N) is 1. The van der Waals surface area contributed by atoms with E-state index in [1.165, 1.54) is 6.07 Å². The predicted octanol–water partition coefficient (Wildman–Crippen LogP) is 2.42. The molecule has 0 bridgehead atoms. The van der Waals surface area contributed by atoms with Gasteiger partial charge in [0.25, 0.3) is 0 Å². The molecule has 21 heavy (non-hydrogen) atoms. The highest BCUT2D eigenvalue weighted by Crippen LogP contribution is 2.31. The summed E-state index contributed by atoms with van der Waals surface area (Å²) in [6.07, 6.45) is 0. The molecule has 0 aliphatic carbocycles. The molecule has 0 saturated heterocycles. The Labute approximate surface area is 129 Å². The molecule has 0 aliphatic rings. The third-order valence-corrected chi connectivity index (χ3v) is 4.51. The van der Waals surface area contributed by atoms with Crippen LogP contribution in [0.2, 0.25) is 5.02 Å². The topological polar surface area (TPSA) is 92.4 Å². The Hall–Kier alpha value is -1.59. The molecule has 116 valence electrons. The smallest absolute Gasteiger partial charge is 0.310 e. The van der Waals surface area contributed by atoms with Crippen molar-refractivity contribution in [3.05, 3.63) is 34.3 Å². The van der Waals surface area contributed by atoms with Crippen molar-refractivity contribution >= 4 is 23.5 Å². The first-order valence-corrected chi connectivity index (χ1v) is 6.93. The fourth-order valence-electron chi connectivity index (χ4n) is 1.65. The molecular formula is C15H21ClN2O3. The number of carbonyl (C=O) groups excluding carboxylic acids is 1. The minimum atomic E-state index is -0.952. The maximum absolute atomic E-state index is 11.3. The number of hydrogen-bond acceptors (Lipinski definition) is 3. The molecular weight excluding hydrogens is 292 g/mol. The van der Waals surface area contributed by atoms with Gasteiger partial charge in [-0.15, -0.1) is 0 Å². The summed E-state index contributed by atoms with van der Waals surface area (Å²) in [4.78, 5) is 22.4. The molecule has 0 unspecified atom stereocenters. The van der Waals surface area contributed by atoms with E-state index in [2.05, 4.69) is 5.32 Å². The van der Waals surface area contributed by atoms with E-state index in [0.29, 0.717) is 17.1 Å². The molecule has 0 saturated carbocycles. The quantitative estimate of drug-likeness (QED) is 0.752. The molecule has 0 fully saturated rings. The van der Waals surface area contributed by atoms with Gasteiger partial charge >= 0.3 is 5.97 Å². The zero-order valence-corrected chi connectivity index (χ0v) is 13.4. The number of carboxylic acids is 1. The van der Waals surface area contributed by atoms with Crippen LogP contribution in [-0.2, 0) is 11.3 Å². The van der Waals surface area contributed by atoms with Crippen molar-refractivity contribution in [3.63, 3.8) is 0 Å². The third kappa shape index (κ3) is 3.74. The first-order chi connectivity index (χ1) is 9.49. The largest absolute Gasteiger partial charge is 0.481 e. The second kappa shape index (κ2) is 6.03. The molecule has 4 N–H and O–H groups in total. The van der Waals surface area contributed by atoms with Gasteiger partial charge in [-0.25, -0.2) is 0 Å². The predicted molar refractivity (Wildman–Crippen MR) is 82.3 cm³/mol. The Kier molecular flexibility index (Phi) is 5.02. The second-order valence-corrected chi connectivity index (χ2v) is 6.49. The summed E-state index contributed by atoms with van der Waals surface area (Å²) in [7, 11) is 0. The lowest BCUT2D eigenvalue weighted by atomic mass is 9.74. The molecule has 0 heterocycles. The van der Waals surface area contributed by atoms with Crippen molar-refractivity contribution in [1.82, 2.24) is 5.32 Å². The monoisotopic (exact) mass is 312 g/mol. The molecule has 5 nitrogen and oxygen atoms in total. The summed E-state index contributed by atoms with van der Waals surface area (Å²) in [5.74, 6) is -1.42.